The van der Waals surface area contributed by atoms with E-state index < -0.39 is 0 Å². The Kier molecular flexibility index (Phi) is 10.3. The van der Waals surface area contributed by atoms with Gasteiger partial charge in [-0.1, -0.05) is 50.8 Å². The van der Waals surface area contributed by atoms with Crippen LogP contribution in [0.5, 0.6) is 0 Å². The Labute approximate surface area is 233 Å². The van der Waals surface area contributed by atoms with Crippen molar-refractivity contribution in [2.24, 2.45) is 0 Å². The second-order valence-corrected chi connectivity index (χ2v) is 10.8. The third-order valence-corrected chi connectivity index (χ3v) is 7.26. The Balaban J connectivity index is 1.59. The largest absolute Gasteiger partial charge is 0.338 e. The van der Waals surface area contributed by atoms with Crippen molar-refractivity contribution < 1.29 is 4.79 Å². The number of halogens is 1. The van der Waals surface area contributed by atoms with Crippen LogP contribution in [0.1, 0.15) is 61.5 Å². The maximum atomic E-state index is 13.1. The smallest absolute Gasteiger partial charge is 0.274 e. The summed E-state index contributed by atoms with van der Waals surface area (Å²) in [4.78, 5) is 41.0. The summed E-state index contributed by atoms with van der Waals surface area (Å²) in [6, 6.07) is 8.84. The number of rotatable bonds is 11. The number of likely N-dealkylation sites (N-methyl/N-ethyl adjacent to an activating group) is 1. The van der Waals surface area contributed by atoms with E-state index in [2.05, 4.69) is 44.0 Å². The highest BCUT2D eigenvalue weighted by Crippen LogP contribution is 2.25. The van der Waals surface area contributed by atoms with Gasteiger partial charge in [0.15, 0.2) is 5.16 Å². The van der Waals surface area contributed by atoms with E-state index in [-0.39, 0.29) is 5.91 Å². The van der Waals surface area contributed by atoms with Crippen LogP contribution in [0.2, 0.25) is 5.02 Å². The normalized spacial score (nSPS) is 14.1. The minimum atomic E-state index is -0.311. The molecule has 202 valence electrons. The highest BCUT2D eigenvalue weighted by Gasteiger charge is 2.20. The third kappa shape index (κ3) is 8.09. The quantitative estimate of drug-likeness (QED) is 0.254. The van der Waals surface area contributed by atoms with Crippen molar-refractivity contribution in [3.63, 3.8) is 0 Å². The lowest BCUT2D eigenvalue weighted by molar-refractivity contribution is 0.102. The first kappa shape index (κ1) is 28.2. The fraction of sp³-hybridized carbons (Fsp3) is 0.481. The van der Waals surface area contributed by atoms with E-state index in [9.17, 15) is 4.79 Å². The molecule has 0 spiro atoms. The predicted octanol–water partition coefficient (Wildman–Crippen LogP) is 5.16. The highest BCUT2D eigenvalue weighted by atomic mass is 35.5. The van der Waals surface area contributed by atoms with Crippen molar-refractivity contribution in [2.75, 3.05) is 43.4 Å². The van der Waals surface area contributed by atoms with Gasteiger partial charge in [-0.15, -0.1) is 0 Å². The molecule has 11 heteroatoms. The van der Waals surface area contributed by atoms with Crippen LogP contribution in [0.4, 0.5) is 11.6 Å². The molecular formula is C27H35ClN8OS. The molecule has 1 aromatic carbocycles. The summed E-state index contributed by atoms with van der Waals surface area (Å²) in [6.07, 6.45) is 5.93. The van der Waals surface area contributed by atoms with Gasteiger partial charge in [0.25, 0.3) is 5.91 Å². The number of carbonyl (C=O) groups excluding carboxylic acids is 1. The number of benzene rings is 1. The van der Waals surface area contributed by atoms with Crippen LogP contribution < -0.4 is 10.2 Å². The number of nitrogens with zero attached hydrogens (tertiary/aromatic N) is 7. The summed E-state index contributed by atoms with van der Waals surface area (Å²) in [6.45, 7) is 7.88. The minimum Gasteiger partial charge on any atom is -0.338 e. The first-order valence-electron chi connectivity index (χ1n) is 13.2. The molecule has 0 saturated carbocycles. The summed E-state index contributed by atoms with van der Waals surface area (Å²) in [5, 5.41) is 4.43. The van der Waals surface area contributed by atoms with Crippen LogP contribution in [0.15, 0.2) is 40.6 Å². The van der Waals surface area contributed by atoms with Gasteiger partial charge >= 0.3 is 0 Å². The molecule has 3 aromatic rings. The monoisotopic (exact) mass is 554 g/mol. The molecule has 0 aliphatic carbocycles. The molecule has 1 aliphatic rings. The van der Waals surface area contributed by atoms with Crippen LogP contribution in [0, 0.1) is 0 Å². The zero-order chi connectivity index (χ0) is 26.9. The molecule has 0 unspecified atom stereocenters. The molecule has 1 N–H and O–H groups in total. The van der Waals surface area contributed by atoms with Gasteiger partial charge in [-0.25, -0.2) is 15.0 Å². The van der Waals surface area contributed by atoms with Gasteiger partial charge in [-0.2, -0.15) is 9.97 Å². The number of nitrogens with one attached hydrogen (secondary N) is 1. The van der Waals surface area contributed by atoms with Crippen LogP contribution in [0.3, 0.4) is 0 Å². The zero-order valence-electron chi connectivity index (χ0n) is 22.3. The fourth-order valence-electron chi connectivity index (χ4n) is 4.08. The summed E-state index contributed by atoms with van der Waals surface area (Å²) < 4.78 is 0. The number of hydrogen-bond donors (Lipinski definition) is 1. The van der Waals surface area contributed by atoms with Gasteiger partial charge in [0, 0.05) is 49.0 Å². The Morgan fingerprint density at radius 3 is 2.50 bits per heavy atom. The molecule has 1 fully saturated rings. The molecule has 38 heavy (non-hydrogen) atoms. The van der Waals surface area contributed by atoms with Gasteiger partial charge in [-0.05, 0) is 55.9 Å². The van der Waals surface area contributed by atoms with Crippen molar-refractivity contribution in [1.29, 1.82) is 0 Å². The van der Waals surface area contributed by atoms with Crippen LogP contribution in [0.25, 0.3) is 0 Å². The second-order valence-electron chi connectivity index (χ2n) is 9.38. The molecule has 4 rings (SSSR count). The van der Waals surface area contributed by atoms with Crippen molar-refractivity contribution in [3.8, 4) is 0 Å². The van der Waals surface area contributed by atoms with Crippen LogP contribution in [-0.4, -0.2) is 69.0 Å². The van der Waals surface area contributed by atoms with E-state index in [0.29, 0.717) is 39.1 Å². The summed E-state index contributed by atoms with van der Waals surface area (Å²) in [5.74, 6) is 1.10. The van der Waals surface area contributed by atoms with Crippen LogP contribution in [-0.2, 0) is 12.8 Å². The Morgan fingerprint density at radius 1 is 0.974 bits per heavy atom. The SMILES string of the molecule is CCCCCCc1cc(C(=O)Nc2cccc(Cl)c2)nc(Sc2nc(CC)nc(N3CCN(C)CC3)n2)n1. The number of unbranched alkanes of at least 4 members (excludes halogenated alkanes) is 3. The summed E-state index contributed by atoms with van der Waals surface area (Å²) in [7, 11) is 2.12. The van der Waals surface area contributed by atoms with E-state index in [1.54, 1.807) is 30.3 Å². The lowest BCUT2D eigenvalue weighted by Crippen LogP contribution is -2.45. The number of hydrogen-bond acceptors (Lipinski definition) is 9. The van der Waals surface area contributed by atoms with Crippen molar-refractivity contribution in [2.45, 2.75) is 62.7 Å². The topological polar surface area (TPSA) is 100 Å². The molecule has 1 aliphatic heterocycles. The predicted molar refractivity (Wildman–Crippen MR) is 152 cm³/mol. The maximum absolute atomic E-state index is 13.1. The maximum Gasteiger partial charge on any atom is 0.274 e. The van der Waals surface area contributed by atoms with E-state index in [4.69, 9.17) is 21.6 Å². The number of carbonyl (C=O) groups is 1. The molecule has 9 nitrogen and oxygen atoms in total. The van der Waals surface area contributed by atoms with Gasteiger partial charge < -0.3 is 15.1 Å². The lowest BCUT2D eigenvalue weighted by Gasteiger charge is -2.32. The average molecular weight is 555 g/mol. The number of piperazine rings is 1. The van der Waals surface area contributed by atoms with Gasteiger partial charge in [-0.3, -0.25) is 4.79 Å². The molecule has 0 bridgehead atoms. The number of anilines is 2. The second kappa shape index (κ2) is 13.8. The van der Waals surface area contributed by atoms with E-state index in [1.807, 2.05) is 6.92 Å². The van der Waals surface area contributed by atoms with Gasteiger partial charge in [0.05, 0.1) is 0 Å². The molecule has 0 atom stereocenters. The highest BCUT2D eigenvalue weighted by molar-refractivity contribution is 7.99. The first-order valence-corrected chi connectivity index (χ1v) is 14.4. The molecule has 1 amide bonds. The minimum absolute atomic E-state index is 0.303. The lowest BCUT2D eigenvalue weighted by atomic mass is 10.1. The zero-order valence-corrected chi connectivity index (χ0v) is 23.9. The number of aromatic nitrogens is 5. The first-order chi connectivity index (χ1) is 18.4. The Hall–Kier alpha value is -2.82. The van der Waals surface area contributed by atoms with E-state index >= 15 is 0 Å². The molecule has 0 radical (unpaired) electrons. The van der Waals surface area contributed by atoms with Crippen molar-refractivity contribution in [1.82, 2.24) is 29.8 Å². The third-order valence-electron chi connectivity index (χ3n) is 6.29. The number of amides is 1. The molecule has 1 saturated heterocycles. The van der Waals surface area contributed by atoms with Gasteiger partial charge in [0.1, 0.15) is 11.5 Å². The Bertz CT molecular complexity index is 1240. The number of aryl methyl sites for hydroxylation is 2. The van der Waals surface area contributed by atoms with E-state index in [0.717, 1.165) is 63.4 Å². The van der Waals surface area contributed by atoms with Crippen LogP contribution >= 0.6 is 23.4 Å². The average Bonchev–Trinajstić information content (AvgIpc) is 2.91. The van der Waals surface area contributed by atoms with Crippen molar-refractivity contribution >= 4 is 40.9 Å². The van der Waals surface area contributed by atoms with Crippen molar-refractivity contribution in [3.05, 3.63) is 52.6 Å². The summed E-state index contributed by atoms with van der Waals surface area (Å²) >= 11 is 7.36. The Morgan fingerprint density at radius 2 is 1.76 bits per heavy atom. The standard InChI is InChI=1S/C27H35ClN8OS/c1-4-6-7-8-11-21-18-22(24(37)29-20-12-9-10-19(28)17-20)31-26(30-21)38-27-33-23(5-2)32-25(34-27)36-15-13-35(3)14-16-36/h9-10,12,17-18H,4-8,11,13-16H2,1-3H3,(H,29,37). The van der Waals surface area contributed by atoms with E-state index in [1.165, 1.54) is 18.2 Å². The molecular weight excluding hydrogens is 520 g/mol. The fourth-order valence-corrected chi connectivity index (χ4v) is 5.02. The molecule has 3 heterocycles. The molecule has 2 aromatic heterocycles. The summed E-state index contributed by atoms with van der Waals surface area (Å²) in [5.41, 5.74) is 1.75. The van der Waals surface area contributed by atoms with Gasteiger partial charge in [0.2, 0.25) is 11.1 Å².